The van der Waals surface area contributed by atoms with Crippen molar-refractivity contribution >= 4 is 6.03 Å². The fraction of sp³-hybridized carbons (Fsp3) is 0.611. The van der Waals surface area contributed by atoms with Crippen molar-refractivity contribution in [2.24, 2.45) is 11.8 Å². The van der Waals surface area contributed by atoms with Crippen molar-refractivity contribution in [2.75, 3.05) is 20.3 Å². The third kappa shape index (κ3) is 4.60. The summed E-state index contributed by atoms with van der Waals surface area (Å²) < 4.78 is 24.4. The van der Waals surface area contributed by atoms with Crippen molar-refractivity contribution < 1.29 is 18.7 Å². The molecule has 0 radical (unpaired) electrons. The molecule has 1 aliphatic heterocycles. The van der Waals surface area contributed by atoms with Crippen LogP contribution in [0.3, 0.4) is 0 Å². The molecule has 0 aromatic heterocycles. The highest BCUT2D eigenvalue weighted by Crippen LogP contribution is 2.26. The molecule has 0 aliphatic carbocycles. The van der Waals surface area contributed by atoms with Crippen LogP contribution in [0.5, 0.6) is 5.75 Å². The van der Waals surface area contributed by atoms with Gasteiger partial charge < -0.3 is 20.1 Å². The highest BCUT2D eigenvalue weighted by atomic mass is 19.1. The minimum Gasteiger partial charge on any atom is -0.494 e. The van der Waals surface area contributed by atoms with Gasteiger partial charge in [-0.15, -0.1) is 0 Å². The number of amides is 2. The van der Waals surface area contributed by atoms with E-state index in [1.54, 1.807) is 12.1 Å². The lowest BCUT2D eigenvalue weighted by Crippen LogP contribution is -2.41. The zero-order chi connectivity index (χ0) is 17.7. The number of carbonyl (C=O) groups is 1. The molecule has 2 N–H and O–H groups in total. The Morgan fingerprint density at radius 2 is 2.17 bits per heavy atom. The Hall–Kier alpha value is -1.82. The van der Waals surface area contributed by atoms with Gasteiger partial charge in [-0.2, -0.15) is 0 Å². The van der Waals surface area contributed by atoms with Gasteiger partial charge in [-0.3, -0.25) is 0 Å². The minimum atomic E-state index is -0.438. The number of hydrogen-bond donors (Lipinski definition) is 2. The van der Waals surface area contributed by atoms with Gasteiger partial charge in [0.05, 0.1) is 19.3 Å². The molecule has 0 unspecified atom stereocenters. The highest BCUT2D eigenvalue weighted by molar-refractivity contribution is 5.74. The van der Waals surface area contributed by atoms with Crippen LogP contribution in [0.4, 0.5) is 9.18 Å². The summed E-state index contributed by atoms with van der Waals surface area (Å²) in [6.45, 7) is 7.40. The predicted molar refractivity (Wildman–Crippen MR) is 90.6 cm³/mol. The maximum Gasteiger partial charge on any atom is 0.315 e. The van der Waals surface area contributed by atoms with Crippen LogP contribution in [-0.4, -0.2) is 32.4 Å². The van der Waals surface area contributed by atoms with E-state index in [1.807, 2.05) is 6.92 Å². The average Bonchev–Trinajstić information content (AvgIpc) is 3.01. The van der Waals surface area contributed by atoms with Gasteiger partial charge in [-0.25, -0.2) is 9.18 Å². The monoisotopic (exact) mass is 338 g/mol. The maximum absolute atomic E-state index is 13.8. The molecular weight excluding hydrogens is 311 g/mol. The number of methoxy groups -OCH3 is 1. The lowest BCUT2D eigenvalue weighted by atomic mass is 9.93. The Kier molecular flexibility index (Phi) is 6.43. The van der Waals surface area contributed by atoms with Crippen LogP contribution in [0.2, 0.25) is 0 Å². The van der Waals surface area contributed by atoms with Gasteiger partial charge in [0, 0.05) is 19.1 Å². The molecule has 1 aromatic rings. The Morgan fingerprint density at radius 3 is 2.79 bits per heavy atom. The fourth-order valence-corrected chi connectivity index (χ4v) is 3.12. The van der Waals surface area contributed by atoms with E-state index in [9.17, 15) is 9.18 Å². The molecule has 0 saturated carbocycles. The molecule has 24 heavy (non-hydrogen) atoms. The van der Waals surface area contributed by atoms with E-state index in [2.05, 4.69) is 24.5 Å². The summed E-state index contributed by atoms with van der Waals surface area (Å²) in [7, 11) is 1.42. The van der Waals surface area contributed by atoms with Gasteiger partial charge in [-0.1, -0.05) is 19.9 Å². The Bertz CT molecular complexity index is 565. The van der Waals surface area contributed by atoms with Crippen molar-refractivity contribution in [1.29, 1.82) is 0 Å². The molecule has 2 amide bonds. The standard InChI is InChI=1S/C18H27FN2O3/c1-11(2)17-14(7-8-24-17)10-20-18(22)21-12(3)13-5-6-16(23-4)15(19)9-13/h5-6,9,11-12,14,17H,7-8,10H2,1-4H3,(H2,20,21,22)/t12-,14-,17-/m0/s1. The number of rotatable bonds is 6. The molecule has 5 nitrogen and oxygen atoms in total. The van der Waals surface area contributed by atoms with Gasteiger partial charge in [0.15, 0.2) is 11.6 Å². The summed E-state index contributed by atoms with van der Waals surface area (Å²) >= 11 is 0. The number of halogens is 1. The third-order valence-corrected chi connectivity index (χ3v) is 4.47. The highest BCUT2D eigenvalue weighted by Gasteiger charge is 2.30. The van der Waals surface area contributed by atoms with Gasteiger partial charge >= 0.3 is 6.03 Å². The van der Waals surface area contributed by atoms with Crippen molar-refractivity contribution in [1.82, 2.24) is 10.6 Å². The molecule has 134 valence electrons. The Labute approximate surface area is 142 Å². The lowest BCUT2D eigenvalue weighted by Gasteiger charge is -2.23. The lowest BCUT2D eigenvalue weighted by molar-refractivity contribution is 0.0545. The van der Waals surface area contributed by atoms with Gasteiger partial charge in [0.1, 0.15) is 0 Å². The molecule has 0 bridgehead atoms. The number of carbonyl (C=O) groups excluding carboxylic acids is 1. The van der Waals surface area contributed by atoms with Gasteiger partial charge in [0.25, 0.3) is 0 Å². The van der Waals surface area contributed by atoms with Crippen molar-refractivity contribution in [2.45, 2.75) is 39.3 Å². The van der Waals surface area contributed by atoms with Crippen molar-refractivity contribution in [3.63, 3.8) is 0 Å². The topological polar surface area (TPSA) is 59.6 Å². The summed E-state index contributed by atoms with van der Waals surface area (Å²) in [6.07, 6.45) is 1.15. The molecule has 1 fully saturated rings. The molecule has 2 rings (SSSR count). The van der Waals surface area contributed by atoms with Crippen LogP contribution in [0.15, 0.2) is 18.2 Å². The average molecular weight is 338 g/mol. The van der Waals surface area contributed by atoms with Crippen LogP contribution < -0.4 is 15.4 Å². The van der Waals surface area contributed by atoms with Gasteiger partial charge in [0.2, 0.25) is 0 Å². The van der Waals surface area contributed by atoms with E-state index in [1.165, 1.54) is 13.2 Å². The molecule has 0 spiro atoms. The van der Waals surface area contributed by atoms with E-state index in [-0.39, 0.29) is 23.9 Å². The fourth-order valence-electron chi connectivity index (χ4n) is 3.12. The molecule has 1 heterocycles. The van der Waals surface area contributed by atoms with E-state index >= 15 is 0 Å². The normalized spacial score (nSPS) is 21.6. The first-order chi connectivity index (χ1) is 11.4. The summed E-state index contributed by atoms with van der Waals surface area (Å²) in [5.41, 5.74) is 0.688. The summed E-state index contributed by atoms with van der Waals surface area (Å²) in [6, 6.07) is 4.12. The number of urea groups is 1. The van der Waals surface area contributed by atoms with Crippen LogP contribution in [0, 0.1) is 17.7 Å². The summed E-state index contributed by atoms with van der Waals surface area (Å²) in [5, 5.41) is 5.73. The predicted octanol–water partition coefficient (Wildman–Crippen LogP) is 3.26. The van der Waals surface area contributed by atoms with Crippen LogP contribution >= 0.6 is 0 Å². The Morgan fingerprint density at radius 1 is 1.42 bits per heavy atom. The van der Waals surface area contributed by atoms with Gasteiger partial charge in [-0.05, 0) is 37.0 Å². The molecular formula is C18H27FN2O3. The van der Waals surface area contributed by atoms with Crippen molar-refractivity contribution in [3.05, 3.63) is 29.6 Å². The van der Waals surface area contributed by atoms with Crippen LogP contribution in [-0.2, 0) is 4.74 Å². The summed E-state index contributed by atoms with van der Waals surface area (Å²) in [5.74, 6) is 0.524. The van der Waals surface area contributed by atoms with Crippen LogP contribution in [0.1, 0.15) is 38.8 Å². The number of benzene rings is 1. The number of ether oxygens (including phenoxy) is 2. The summed E-state index contributed by atoms with van der Waals surface area (Å²) in [4.78, 5) is 12.1. The second-order valence-electron chi connectivity index (χ2n) is 6.60. The first kappa shape index (κ1) is 18.5. The van der Waals surface area contributed by atoms with Crippen molar-refractivity contribution in [3.8, 4) is 5.75 Å². The molecule has 1 aromatic carbocycles. The largest absolute Gasteiger partial charge is 0.494 e. The quantitative estimate of drug-likeness (QED) is 0.837. The maximum atomic E-state index is 13.8. The molecule has 1 aliphatic rings. The second kappa shape index (κ2) is 8.33. The zero-order valence-electron chi connectivity index (χ0n) is 14.8. The van der Waals surface area contributed by atoms with E-state index in [0.29, 0.717) is 23.9 Å². The number of hydrogen-bond acceptors (Lipinski definition) is 3. The van der Waals surface area contributed by atoms with Crippen LogP contribution in [0.25, 0.3) is 0 Å². The Balaban J connectivity index is 1.84. The molecule has 3 atom stereocenters. The molecule has 6 heteroatoms. The minimum absolute atomic E-state index is 0.191. The third-order valence-electron chi connectivity index (χ3n) is 4.47. The SMILES string of the molecule is COc1ccc([C@H](C)NC(=O)NC[C@@H]2CCO[C@H]2C(C)C)cc1F. The molecule has 1 saturated heterocycles. The number of nitrogens with one attached hydrogen (secondary N) is 2. The second-order valence-corrected chi connectivity index (χ2v) is 6.60. The smallest absolute Gasteiger partial charge is 0.315 e. The van der Waals surface area contributed by atoms with E-state index in [0.717, 1.165) is 13.0 Å². The zero-order valence-corrected chi connectivity index (χ0v) is 14.8. The van der Waals surface area contributed by atoms with E-state index in [4.69, 9.17) is 9.47 Å². The first-order valence-corrected chi connectivity index (χ1v) is 8.41. The first-order valence-electron chi connectivity index (χ1n) is 8.41. The van der Waals surface area contributed by atoms with E-state index < -0.39 is 5.82 Å².